The van der Waals surface area contributed by atoms with Gasteiger partial charge in [-0.05, 0) is 17.7 Å². The maximum Gasteiger partial charge on any atom is 0.455 e. The molecule has 1 aliphatic carbocycles. The van der Waals surface area contributed by atoms with E-state index in [4.69, 9.17) is 10.0 Å². The van der Waals surface area contributed by atoms with E-state index in [9.17, 15) is 0 Å². The second-order valence-electron chi connectivity index (χ2n) is 4.27. The quantitative estimate of drug-likeness (QED) is 0.619. The lowest BCUT2D eigenvalue weighted by Crippen LogP contribution is -2.32. The summed E-state index contributed by atoms with van der Waals surface area (Å²) in [7, 11) is -1.10. The van der Waals surface area contributed by atoms with Gasteiger partial charge in [0, 0.05) is 0 Å². The molecule has 2 N–H and O–H groups in total. The fourth-order valence-corrected chi connectivity index (χ4v) is 2.39. The van der Waals surface area contributed by atoms with Gasteiger partial charge in [-0.1, -0.05) is 39.5 Å². The molecule has 0 saturated heterocycles. The van der Waals surface area contributed by atoms with E-state index in [1.165, 1.54) is 12.8 Å². The molecule has 0 aromatic heterocycles. The monoisotopic (exact) mass is 170 g/mol. The Labute approximate surface area is 75.1 Å². The van der Waals surface area contributed by atoms with Crippen molar-refractivity contribution in [3.8, 4) is 0 Å². The molecule has 1 fully saturated rings. The van der Waals surface area contributed by atoms with Gasteiger partial charge in [-0.2, -0.15) is 0 Å². The molecule has 0 radical (unpaired) electrons. The fraction of sp³-hybridized carbons (Fsp3) is 1.00. The Morgan fingerprint density at radius 3 is 2.17 bits per heavy atom. The van der Waals surface area contributed by atoms with Crippen LogP contribution in [-0.2, 0) is 0 Å². The van der Waals surface area contributed by atoms with Crippen LogP contribution in [0.4, 0.5) is 0 Å². The predicted molar refractivity (Wildman–Crippen MR) is 50.7 cm³/mol. The molecule has 0 amide bonds. The lowest BCUT2D eigenvalue weighted by atomic mass is 9.57. The molecule has 0 heterocycles. The van der Waals surface area contributed by atoms with Crippen LogP contribution in [-0.4, -0.2) is 17.2 Å². The van der Waals surface area contributed by atoms with Crippen LogP contribution in [0.1, 0.15) is 39.5 Å². The van der Waals surface area contributed by atoms with E-state index in [0.717, 1.165) is 12.8 Å². The standard InChI is InChI=1S/C9H19BO2/c1-7(2)8-5-3-4-6-9(8)10(11)12/h7-9,11-12H,3-6H2,1-2H3. The van der Waals surface area contributed by atoms with Crippen LogP contribution in [0.15, 0.2) is 0 Å². The van der Waals surface area contributed by atoms with Crippen LogP contribution in [0.25, 0.3) is 0 Å². The molecule has 0 aromatic carbocycles. The molecule has 1 saturated carbocycles. The second kappa shape index (κ2) is 4.29. The van der Waals surface area contributed by atoms with Crippen LogP contribution < -0.4 is 0 Å². The summed E-state index contributed by atoms with van der Waals surface area (Å²) in [5.41, 5.74) is 0. The minimum absolute atomic E-state index is 0.124. The normalized spacial score (nSPS) is 30.8. The maximum absolute atomic E-state index is 9.15. The highest BCUT2D eigenvalue weighted by atomic mass is 16.4. The number of hydrogen-bond donors (Lipinski definition) is 2. The van der Waals surface area contributed by atoms with E-state index in [0.29, 0.717) is 11.8 Å². The topological polar surface area (TPSA) is 40.5 Å². The molecule has 12 heavy (non-hydrogen) atoms. The van der Waals surface area contributed by atoms with Gasteiger partial charge < -0.3 is 10.0 Å². The van der Waals surface area contributed by atoms with Crippen molar-refractivity contribution in [3.05, 3.63) is 0 Å². The largest absolute Gasteiger partial charge is 0.455 e. The molecular formula is C9H19BO2. The van der Waals surface area contributed by atoms with Crippen molar-refractivity contribution in [2.24, 2.45) is 11.8 Å². The van der Waals surface area contributed by atoms with E-state index in [-0.39, 0.29) is 5.82 Å². The highest BCUT2D eigenvalue weighted by Gasteiger charge is 2.35. The fourth-order valence-electron chi connectivity index (χ4n) is 2.39. The molecular weight excluding hydrogens is 151 g/mol. The van der Waals surface area contributed by atoms with E-state index >= 15 is 0 Å². The van der Waals surface area contributed by atoms with Crippen LogP contribution in [0.3, 0.4) is 0 Å². The zero-order valence-electron chi connectivity index (χ0n) is 8.03. The molecule has 1 aliphatic rings. The first-order chi connectivity index (χ1) is 5.63. The van der Waals surface area contributed by atoms with Crippen molar-refractivity contribution in [2.45, 2.75) is 45.3 Å². The van der Waals surface area contributed by atoms with Crippen LogP contribution in [0.5, 0.6) is 0 Å². The Morgan fingerprint density at radius 1 is 1.17 bits per heavy atom. The Balaban J connectivity index is 2.54. The van der Waals surface area contributed by atoms with Crippen LogP contribution in [0.2, 0.25) is 5.82 Å². The number of rotatable bonds is 2. The summed E-state index contributed by atoms with van der Waals surface area (Å²) in [6.45, 7) is 4.34. The van der Waals surface area contributed by atoms with E-state index < -0.39 is 7.12 Å². The van der Waals surface area contributed by atoms with Crippen molar-refractivity contribution in [1.29, 1.82) is 0 Å². The first kappa shape index (κ1) is 10.1. The zero-order chi connectivity index (χ0) is 9.14. The van der Waals surface area contributed by atoms with Gasteiger partial charge in [-0.3, -0.25) is 0 Å². The Morgan fingerprint density at radius 2 is 1.75 bits per heavy atom. The molecule has 1 rings (SSSR count). The van der Waals surface area contributed by atoms with E-state index in [2.05, 4.69) is 13.8 Å². The Hall–Kier alpha value is -0.0151. The lowest BCUT2D eigenvalue weighted by molar-refractivity contribution is 0.237. The lowest BCUT2D eigenvalue weighted by Gasteiger charge is -2.33. The average molecular weight is 170 g/mol. The Bertz CT molecular complexity index is 120. The molecule has 3 heteroatoms. The minimum Gasteiger partial charge on any atom is -0.427 e. The van der Waals surface area contributed by atoms with E-state index in [1.54, 1.807) is 0 Å². The van der Waals surface area contributed by atoms with Gasteiger partial charge in [0.25, 0.3) is 0 Å². The van der Waals surface area contributed by atoms with Gasteiger partial charge in [-0.25, -0.2) is 0 Å². The smallest absolute Gasteiger partial charge is 0.427 e. The average Bonchev–Trinajstić information content (AvgIpc) is 2.04. The minimum atomic E-state index is -1.10. The molecule has 2 atom stereocenters. The summed E-state index contributed by atoms with van der Waals surface area (Å²) in [6, 6.07) is 0. The predicted octanol–water partition coefficient (Wildman–Crippen LogP) is 1.68. The summed E-state index contributed by atoms with van der Waals surface area (Å²) in [4.78, 5) is 0. The van der Waals surface area contributed by atoms with Gasteiger partial charge >= 0.3 is 7.12 Å². The van der Waals surface area contributed by atoms with Gasteiger partial charge in [-0.15, -0.1) is 0 Å². The molecule has 0 spiro atoms. The molecule has 2 unspecified atom stereocenters. The molecule has 0 aliphatic heterocycles. The van der Waals surface area contributed by atoms with E-state index in [1.807, 2.05) is 0 Å². The Kier molecular flexibility index (Phi) is 3.60. The molecule has 0 aromatic rings. The first-order valence-electron chi connectivity index (χ1n) is 4.99. The van der Waals surface area contributed by atoms with Crippen LogP contribution in [0, 0.1) is 11.8 Å². The third-order valence-electron chi connectivity index (χ3n) is 3.11. The van der Waals surface area contributed by atoms with Gasteiger partial charge in [0.05, 0.1) is 0 Å². The molecule has 2 nitrogen and oxygen atoms in total. The van der Waals surface area contributed by atoms with Crippen molar-refractivity contribution in [2.75, 3.05) is 0 Å². The van der Waals surface area contributed by atoms with Gasteiger partial charge in [0.15, 0.2) is 0 Å². The summed E-state index contributed by atoms with van der Waals surface area (Å²) >= 11 is 0. The van der Waals surface area contributed by atoms with Crippen molar-refractivity contribution in [1.82, 2.24) is 0 Å². The summed E-state index contributed by atoms with van der Waals surface area (Å²) < 4.78 is 0. The van der Waals surface area contributed by atoms with Crippen molar-refractivity contribution < 1.29 is 10.0 Å². The zero-order valence-corrected chi connectivity index (χ0v) is 8.03. The third kappa shape index (κ3) is 2.24. The summed E-state index contributed by atoms with van der Waals surface area (Å²) in [6.07, 6.45) is 4.57. The molecule has 0 bridgehead atoms. The number of hydrogen-bond acceptors (Lipinski definition) is 2. The third-order valence-corrected chi connectivity index (χ3v) is 3.11. The second-order valence-corrected chi connectivity index (χ2v) is 4.27. The summed E-state index contributed by atoms with van der Waals surface area (Å²) in [5.74, 6) is 1.22. The first-order valence-corrected chi connectivity index (χ1v) is 4.99. The highest BCUT2D eigenvalue weighted by Crippen LogP contribution is 2.39. The van der Waals surface area contributed by atoms with Gasteiger partial charge in [0.1, 0.15) is 0 Å². The van der Waals surface area contributed by atoms with Crippen molar-refractivity contribution in [3.63, 3.8) is 0 Å². The van der Waals surface area contributed by atoms with Crippen LogP contribution >= 0.6 is 0 Å². The highest BCUT2D eigenvalue weighted by molar-refractivity contribution is 6.43. The van der Waals surface area contributed by atoms with Crippen molar-refractivity contribution >= 4 is 7.12 Å². The van der Waals surface area contributed by atoms with Gasteiger partial charge in [0.2, 0.25) is 0 Å². The maximum atomic E-state index is 9.15. The SMILES string of the molecule is CC(C)C1CCCCC1B(O)O. The molecule has 70 valence electrons. The summed E-state index contributed by atoms with van der Waals surface area (Å²) in [5, 5.41) is 18.3.